The quantitative estimate of drug-likeness (QED) is 0.756. The molecule has 1 heterocycles. The number of Topliss-reactive ketones (excluding diaryl/α,β-unsaturated/α-hetero) is 1. The minimum Gasteiger partial charge on any atom is -0.293 e. The molecule has 0 saturated heterocycles. The molecule has 4 heteroatoms. The van der Waals surface area contributed by atoms with Crippen molar-refractivity contribution in [1.82, 2.24) is 4.98 Å². The Morgan fingerprint density at radius 1 is 1.38 bits per heavy atom. The van der Waals surface area contributed by atoms with Gasteiger partial charge in [0.05, 0.1) is 9.88 Å². The van der Waals surface area contributed by atoms with Gasteiger partial charge in [0.2, 0.25) is 0 Å². The zero-order valence-corrected chi connectivity index (χ0v) is 10.5. The van der Waals surface area contributed by atoms with Gasteiger partial charge < -0.3 is 0 Å². The Balaban J connectivity index is 2.64. The predicted molar refractivity (Wildman–Crippen MR) is 67.3 cm³/mol. The van der Waals surface area contributed by atoms with Crippen molar-refractivity contribution >= 4 is 28.7 Å². The van der Waals surface area contributed by atoms with Crippen molar-refractivity contribution in [2.75, 3.05) is 0 Å². The Bertz CT molecular complexity index is 548. The number of benzene rings is 1. The molecule has 0 bridgehead atoms. The number of hydrogen-bond donors (Lipinski definition) is 0. The number of hydrogen-bond acceptors (Lipinski definition) is 3. The first kappa shape index (κ1) is 11.3. The lowest BCUT2D eigenvalue weighted by Crippen LogP contribution is -1.95. The number of ketones is 1. The lowest BCUT2D eigenvalue weighted by Gasteiger charge is -2.01. The molecule has 1 aromatic carbocycles. The van der Waals surface area contributed by atoms with Crippen LogP contribution in [0.2, 0.25) is 5.02 Å². The summed E-state index contributed by atoms with van der Waals surface area (Å²) in [6.07, 6.45) is 0. The van der Waals surface area contributed by atoms with Gasteiger partial charge in [-0.3, -0.25) is 4.79 Å². The van der Waals surface area contributed by atoms with Crippen LogP contribution in [0.15, 0.2) is 24.3 Å². The van der Waals surface area contributed by atoms with Crippen molar-refractivity contribution in [3.05, 3.63) is 40.0 Å². The summed E-state index contributed by atoms with van der Waals surface area (Å²) in [6, 6.07) is 7.49. The van der Waals surface area contributed by atoms with Crippen LogP contribution in [0, 0.1) is 6.92 Å². The fraction of sp³-hybridized carbons (Fsp3) is 0.167. The smallest absolute Gasteiger partial charge is 0.179 e. The second-order valence-electron chi connectivity index (χ2n) is 3.45. The molecule has 2 aromatic rings. The van der Waals surface area contributed by atoms with Crippen molar-refractivity contribution < 1.29 is 4.79 Å². The molecule has 0 fully saturated rings. The molecule has 0 atom stereocenters. The zero-order valence-electron chi connectivity index (χ0n) is 8.95. The normalized spacial score (nSPS) is 10.4. The molecule has 2 nitrogen and oxygen atoms in total. The van der Waals surface area contributed by atoms with Crippen molar-refractivity contribution in [3.63, 3.8) is 0 Å². The Morgan fingerprint density at radius 2 is 2.06 bits per heavy atom. The van der Waals surface area contributed by atoms with E-state index in [1.165, 1.54) is 18.3 Å². The summed E-state index contributed by atoms with van der Waals surface area (Å²) in [5.74, 6) is -0.0285. The molecule has 82 valence electrons. The Labute approximate surface area is 103 Å². The van der Waals surface area contributed by atoms with Gasteiger partial charge in [0.1, 0.15) is 5.69 Å². The third-order valence-electron chi connectivity index (χ3n) is 2.19. The van der Waals surface area contributed by atoms with E-state index in [1.54, 1.807) is 0 Å². The summed E-state index contributed by atoms with van der Waals surface area (Å²) in [6.45, 7) is 3.41. The molecule has 1 aromatic heterocycles. The molecule has 0 radical (unpaired) electrons. The van der Waals surface area contributed by atoms with Crippen molar-refractivity contribution in [1.29, 1.82) is 0 Å². The minimum absolute atomic E-state index is 0.0285. The highest BCUT2D eigenvalue weighted by atomic mass is 35.5. The van der Waals surface area contributed by atoms with Crippen molar-refractivity contribution in [2.45, 2.75) is 13.8 Å². The summed E-state index contributed by atoms with van der Waals surface area (Å²) in [5, 5.41) is 1.52. The Morgan fingerprint density at radius 3 is 2.69 bits per heavy atom. The van der Waals surface area contributed by atoms with Crippen LogP contribution >= 0.6 is 22.9 Å². The van der Waals surface area contributed by atoms with Crippen LogP contribution in [0.5, 0.6) is 0 Å². The molecule has 16 heavy (non-hydrogen) atoms. The number of rotatable bonds is 2. The molecule has 0 unspecified atom stereocenters. The number of aryl methyl sites for hydroxylation is 1. The molecular weight excluding hydrogens is 242 g/mol. The fourth-order valence-electron chi connectivity index (χ4n) is 1.49. The lowest BCUT2D eigenvalue weighted by molar-refractivity contribution is 0.101. The maximum absolute atomic E-state index is 11.5. The van der Waals surface area contributed by atoms with E-state index in [1.807, 2.05) is 31.2 Å². The van der Waals surface area contributed by atoms with E-state index in [-0.39, 0.29) is 5.78 Å². The van der Waals surface area contributed by atoms with Gasteiger partial charge in [-0.15, -0.1) is 11.3 Å². The highest BCUT2D eigenvalue weighted by Gasteiger charge is 2.16. The monoisotopic (exact) mass is 251 g/mol. The van der Waals surface area contributed by atoms with Crippen LogP contribution in [-0.2, 0) is 0 Å². The van der Waals surface area contributed by atoms with Gasteiger partial charge in [-0.25, -0.2) is 4.98 Å². The van der Waals surface area contributed by atoms with Crippen LogP contribution in [0.25, 0.3) is 10.4 Å². The molecular formula is C12H10ClNOS. The first-order chi connectivity index (χ1) is 7.59. The Kier molecular flexibility index (Phi) is 3.08. The van der Waals surface area contributed by atoms with Gasteiger partial charge in [0, 0.05) is 17.5 Å². The maximum atomic E-state index is 11.5. The van der Waals surface area contributed by atoms with E-state index < -0.39 is 0 Å². The average molecular weight is 252 g/mol. The van der Waals surface area contributed by atoms with Crippen LogP contribution < -0.4 is 0 Å². The third-order valence-corrected chi connectivity index (χ3v) is 3.52. The van der Waals surface area contributed by atoms with Crippen molar-refractivity contribution in [2.24, 2.45) is 0 Å². The van der Waals surface area contributed by atoms with E-state index in [0.29, 0.717) is 10.7 Å². The minimum atomic E-state index is -0.0285. The first-order valence-electron chi connectivity index (χ1n) is 4.83. The average Bonchev–Trinajstić information content (AvgIpc) is 2.61. The van der Waals surface area contributed by atoms with Gasteiger partial charge in [0.15, 0.2) is 5.78 Å². The largest absolute Gasteiger partial charge is 0.293 e. The highest BCUT2D eigenvalue weighted by molar-refractivity contribution is 7.15. The molecule has 0 aliphatic carbocycles. The topological polar surface area (TPSA) is 30.0 Å². The molecule has 0 saturated carbocycles. The van der Waals surface area contributed by atoms with Crippen LogP contribution in [-0.4, -0.2) is 10.8 Å². The maximum Gasteiger partial charge on any atom is 0.179 e. The van der Waals surface area contributed by atoms with Gasteiger partial charge in [-0.1, -0.05) is 29.8 Å². The van der Waals surface area contributed by atoms with E-state index in [4.69, 9.17) is 11.6 Å². The number of halogens is 1. The first-order valence-corrected chi connectivity index (χ1v) is 6.02. The summed E-state index contributed by atoms with van der Waals surface area (Å²) >= 11 is 7.61. The second-order valence-corrected chi connectivity index (χ2v) is 5.06. The number of aromatic nitrogens is 1. The van der Waals surface area contributed by atoms with Crippen molar-refractivity contribution in [3.8, 4) is 10.4 Å². The van der Waals surface area contributed by atoms with Crippen LogP contribution in [0.4, 0.5) is 0 Å². The Hall–Kier alpha value is -1.19. The van der Waals surface area contributed by atoms with E-state index in [0.717, 1.165) is 15.4 Å². The van der Waals surface area contributed by atoms with Crippen LogP contribution in [0.1, 0.15) is 22.4 Å². The second kappa shape index (κ2) is 4.36. The third kappa shape index (κ3) is 2.01. The number of carbonyl (C=O) groups excluding carboxylic acids is 1. The molecule has 2 rings (SSSR count). The molecule has 0 amide bonds. The number of thiazole rings is 1. The predicted octanol–water partition coefficient (Wildman–Crippen LogP) is 3.97. The molecule has 0 spiro atoms. The van der Waals surface area contributed by atoms with Gasteiger partial charge in [-0.05, 0) is 13.0 Å². The van der Waals surface area contributed by atoms with Crippen LogP contribution in [0.3, 0.4) is 0 Å². The zero-order chi connectivity index (χ0) is 11.7. The standard InChI is InChI=1S/C12H10ClNOS/c1-7(15)11-12(16-8(2)14-11)9-5-3-4-6-10(9)13/h3-6H,1-2H3. The molecule has 0 aliphatic heterocycles. The van der Waals surface area contributed by atoms with E-state index in [2.05, 4.69) is 4.98 Å². The number of nitrogens with zero attached hydrogens (tertiary/aromatic N) is 1. The fourth-order valence-corrected chi connectivity index (χ4v) is 2.79. The SMILES string of the molecule is CC(=O)c1nc(C)sc1-c1ccccc1Cl. The summed E-state index contributed by atoms with van der Waals surface area (Å²) in [7, 11) is 0. The summed E-state index contributed by atoms with van der Waals surface area (Å²) in [5.41, 5.74) is 1.38. The highest BCUT2D eigenvalue weighted by Crippen LogP contribution is 2.34. The lowest BCUT2D eigenvalue weighted by atomic mass is 10.1. The van der Waals surface area contributed by atoms with E-state index in [9.17, 15) is 4.79 Å². The van der Waals surface area contributed by atoms with Gasteiger partial charge in [0.25, 0.3) is 0 Å². The van der Waals surface area contributed by atoms with E-state index >= 15 is 0 Å². The number of carbonyl (C=O) groups is 1. The molecule has 0 aliphatic rings. The van der Waals surface area contributed by atoms with Gasteiger partial charge >= 0.3 is 0 Å². The summed E-state index contributed by atoms with van der Waals surface area (Å²) in [4.78, 5) is 16.6. The van der Waals surface area contributed by atoms with Gasteiger partial charge in [-0.2, -0.15) is 0 Å². The molecule has 0 N–H and O–H groups in total. The summed E-state index contributed by atoms with van der Waals surface area (Å²) < 4.78 is 0.